The molecule has 292 valence electrons. The fraction of sp³-hybridized carbons (Fsp3) is 0.936. The van der Waals surface area contributed by atoms with E-state index in [9.17, 15) is 4.79 Å². The predicted molar refractivity (Wildman–Crippen MR) is 221 cm³/mol. The van der Waals surface area contributed by atoms with Crippen LogP contribution in [0.1, 0.15) is 277 Å². The van der Waals surface area contributed by atoms with Crippen molar-refractivity contribution >= 4 is 5.97 Å². The van der Waals surface area contributed by atoms with Gasteiger partial charge in [0, 0.05) is 6.08 Å². The molecule has 0 rings (SSSR count). The van der Waals surface area contributed by atoms with Crippen LogP contribution in [0, 0.1) is 0 Å². The Morgan fingerprint density at radius 1 is 0.327 bits per heavy atom. The van der Waals surface area contributed by atoms with Gasteiger partial charge in [-0.05, 0) is 6.42 Å². The zero-order chi connectivity index (χ0) is 35.4. The molecule has 2 heteroatoms. The lowest BCUT2D eigenvalue weighted by Gasteiger charge is -2.05. The van der Waals surface area contributed by atoms with Crippen LogP contribution in [0.25, 0.3) is 0 Å². The van der Waals surface area contributed by atoms with Gasteiger partial charge in [0.2, 0.25) is 0 Å². The first-order valence-corrected chi connectivity index (χ1v) is 23.1. The average molecular weight is 689 g/mol. The third-order valence-corrected chi connectivity index (χ3v) is 10.9. The molecule has 0 aromatic rings. The fourth-order valence-electron chi connectivity index (χ4n) is 7.48. The number of carbonyl (C=O) groups excluding carboxylic acids is 1. The summed E-state index contributed by atoms with van der Waals surface area (Å²) in [5.41, 5.74) is 0. The Balaban J connectivity index is 3.05. The van der Waals surface area contributed by atoms with Gasteiger partial charge in [0.15, 0.2) is 0 Å². The van der Waals surface area contributed by atoms with E-state index in [1.165, 1.54) is 269 Å². The molecule has 0 fully saturated rings. The van der Waals surface area contributed by atoms with E-state index in [0.29, 0.717) is 6.61 Å². The maximum absolute atomic E-state index is 11.0. The van der Waals surface area contributed by atoms with E-state index in [4.69, 9.17) is 4.74 Å². The zero-order valence-corrected chi connectivity index (χ0v) is 34.0. The molecule has 0 aliphatic rings. The Labute approximate surface area is 310 Å². The highest BCUT2D eigenvalue weighted by molar-refractivity contribution is 5.81. The largest absolute Gasteiger partial charge is 0.463 e. The van der Waals surface area contributed by atoms with E-state index in [-0.39, 0.29) is 5.97 Å². The molecule has 0 amide bonds. The molecule has 0 atom stereocenters. The molecule has 0 radical (unpaired) electrons. The van der Waals surface area contributed by atoms with Gasteiger partial charge in [-0.1, -0.05) is 277 Å². The SMILES string of the molecule is C=CC(=O)OCCCCCCCCCCCCCCCCCCCCCCCCCCCCCCCCCCCCCCCCCCCC. The molecular formula is C47H92O2. The molecule has 0 saturated heterocycles. The van der Waals surface area contributed by atoms with Crippen LogP contribution < -0.4 is 0 Å². The summed E-state index contributed by atoms with van der Waals surface area (Å²) < 4.78 is 5.01. The molecule has 2 nitrogen and oxygen atoms in total. The van der Waals surface area contributed by atoms with Crippen LogP contribution in [-0.4, -0.2) is 12.6 Å². The van der Waals surface area contributed by atoms with Crippen LogP contribution in [0.4, 0.5) is 0 Å². The first kappa shape index (κ1) is 48.2. The van der Waals surface area contributed by atoms with Gasteiger partial charge in [-0.25, -0.2) is 4.79 Å². The minimum atomic E-state index is -0.294. The second-order valence-corrected chi connectivity index (χ2v) is 15.9. The van der Waals surface area contributed by atoms with Gasteiger partial charge in [-0.2, -0.15) is 0 Å². The Morgan fingerprint density at radius 2 is 0.490 bits per heavy atom. The summed E-state index contributed by atoms with van der Waals surface area (Å²) >= 11 is 0. The van der Waals surface area contributed by atoms with E-state index in [1.807, 2.05) is 0 Å². The molecule has 0 aromatic carbocycles. The lowest BCUT2D eigenvalue weighted by Crippen LogP contribution is -2.01. The van der Waals surface area contributed by atoms with Crippen molar-refractivity contribution < 1.29 is 9.53 Å². The van der Waals surface area contributed by atoms with E-state index >= 15 is 0 Å². The molecule has 0 N–H and O–H groups in total. The van der Waals surface area contributed by atoms with Gasteiger partial charge in [0.05, 0.1) is 6.61 Å². The smallest absolute Gasteiger partial charge is 0.330 e. The molecule has 0 unspecified atom stereocenters. The van der Waals surface area contributed by atoms with Gasteiger partial charge in [0.25, 0.3) is 0 Å². The highest BCUT2D eigenvalue weighted by Gasteiger charge is 1.99. The quantitative estimate of drug-likeness (QED) is 0.0362. The summed E-state index contributed by atoms with van der Waals surface area (Å²) in [7, 11) is 0. The van der Waals surface area contributed by atoms with Gasteiger partial charge in [0.1, 0.15) is 0 Å². The maximum Gasteiger partial charge on any atom is 0.330 e. The first-order chi connectivity index (χ1) is 24.3. The lowest BCUT2D eigenvalue weighted by molar-refractivity contribution is -0.137. The molecule has 0 aliphatic carbocycles. The molecular weight excluding hydrogens is 597 g/mol. The maximum atomic E-state index is 11.0. The fourth-order valence-corrected chi connectivity index (χ4v) is 7.48. The van der Waals surface area contributed by atoms with Crippen molar-refractivity contribution in [2.75, 3.05) is 6.61 Å². The Hall–Kier alpha value is -0.790. The number of esters is 1. The molecule has 0 heterocycles. The third-order valence-electron chi connectivity index (χ3n) is 10.9. The van der Waals surface area contributed by atoms with Crippen molar-refractivity contribution in [1.29, 1.82) is 0 Å². The van der Waals surface area contributed by atoms with Gasteiger partial charge < -0.3 is 4.74 Å². The van der Waals surface area contributed by atoms with Crippen LogP contribution in [0.2, 0.25) is 0 Å². The number of unbranched alkanes of at least 4 members (excludes halogenated alkanes) is 41. The van der Waals surface area contributed by atoms with E-state index < -0.39 is 0 Å². The molecule has 0 spiro atoms. The molecule has 0 aliphatic heterocycles. The molecule has 49 heavy (non-hydrogen) atoms. The van der Waals surface area contributed by atoms with E-state index in [0.717, 1.165) is 6.42 Å². The van der Waals surface area contributed by atoms with Crippen LogP contribution in [-0.2, 0) is 9.53 Å². The molecule has 0 saturated carbocycles. The predicted octanol–water partition coefficient (Wildman–Crippen LogP) is 17.1. The van der Waals surface area contributed by atoms with Crippen molar-refractivity contribution in [1.82, 2.24) is 0 Å². The molecule has 0 aromatic heterocycles. The lowest BCUT2D eigenvalue weighted by atomic mass is 10.0. The highest BCUT2D eigenvalue weighted by atomic mass is 16.5. The topological polar surface area (TPSA) is 26.3 Å². The van der Waals surface area contributed by atoms with Crippen LogP contribution in [0.3, 0.4) is 0 Å². The average Bonchev–Trinajstić information content (AvgIpc) is 3.11. The molecule has 0 bridgehead atoms. The zero-order valence-electron chi connectivity index (χ0n) is 34.0. The van der Waals surface area contributed by atoms with Crippen LogP contribution >= 0.6 is 0 Å². The number of hydrogen-bond donors (Lipinski definition) is 0. The summed E-state index contributed by atoms with van der Waals surface area (Å²) in [4.78, 5) is 11.0. The summed E-state index contributed by atoms with van der Waals surface area (Å²) in [5, 5.41) is 0. The monoisotopic (exact) mass is 689 g/mol. The second kappa shape index (κ2) is 45.2. The van der Waals surface area contributed by atoms with Gasteiger partial charge in [-0.15, -0.1) is 0 Å². The Bertz CT molecular complexity index is 613. The second-order valence-electron chi connectivity index (χ2n) is 15.9. The summed E-state index contributed by atoms with van der Waals surface area (Å²) in [5.74, 6) is -0.294. The van der Waals surface area contributed by atoms with E-state index in [1.54, 1.807) is 0 Å². The number of rotatable bonds is 44. The summed E-state index contributed by atoms with van der Waals surface area (Å²) in [6, 6.07) is 0. The number of hydrogen-bond acceptors (Lipinski definition) is 2. The van der Waals surface area contributed by atoms with Crippen LogP contribution in [0.15, 0.2) is 12.7 Å². The van der Waals surface area contributed by atoms with Crippen molar-refractivity contribution in [3.05, 3.63) is 12.7 Å². The highest BCUT2D eigenvalue weighted by Crippen LogP contribution is 2.18. The van der Waals surface area contributed by atoms with Crippen LogP contribution in [0.5, 0.6) is 0 Å². The van der Waals surface area contributed by atoms with Crippen molar-refractivity contribution in [3.63, 3.8) is 0 Å². The van der Waals surface area contributed by atoms with E-state index in [2.05, 4.69) is 13.5 Å². The number of carbonyl (C=O) groups is 1. The van der Waals surface area contributed by atoms with Crippen molar-refractivity contribution in [2.45, 2.75) is 277 Å². The van der Waals surface area contributed by atoms with Crippen molar-refractivity contribution in [2.24, 2.45) is 0 Å². The minimum absolute atomic E-state index is 0.294. The summed E-state index contributed by atoms with van der Waals surface area (Å²) in [6.07, 6.45) is 61.7. The van der Waals surface area contributed by atoms with Crippen molar-refractivity contribution in [3.8, 4) is 0 Å². The normalized spacial score (nSPS) is 11.4. The van der Waals surface area contributed by atoms with Gasteiger partial charge in [-0.3, -0.25) is 0 Å². The minimum Gasteiger partial charge on any atom is -0.463 e. The number of ether oxygens (including phenoxy) is 1. The summed E-state index contributed by atoms with van der Waals surface area (Å²) in [6.45, 7) is 6.27. The standard InChI is InChI=1S/C47H92O2/c1-3-5-6-7-8-9-10-11-12-13-14-15-16-17-18-19-20-21-22-23-24-25-26-27-28-29-30-31-32-33-34-35-36-37-38-39-40-41-42-43-44-45-46-49-47(48)4-2/h4H,2-3,5-46H2,1H3. The third kappa shape index (κ3) is 45.2. The Morgan fingerprint density at radius 3 is 0.653 bits per heavy atom. The first-order valence-electron chi connectivity index (χ1n) is 23.1. The Kier molecular flexibility index (Phi) is 44.5. The van der Waals surface area contributed by atoms with Gasteiger partial charge >= 0.3 is 5.97 Å².